The molecule has 0 aliphatic rings. The minimum Gasteiger partial charge on any atom is -0.313 e. The largest absolute Gasteiger partial charge is 0.313 e. The van der Waals surface area contributed by atoms with Crippen LogP contribution in [0.25, 0.3) is 0 Å². The molecule has 1 atom stereocenters. The molecule has 1 nitrogen and oxygen atoms in total. The van der Waals surface area contributed by atoms with Crippen molar-refractivity contribution in [2.24, 2.45) is 0 Å². The van der Waals surface area contributed by atoms with Gasteiger partial charge in [0.25, 0.3) is 0 Å². The molecule has 1 unspecified atom stereocenters. The molecule has 0 aliphatic heterocycles. The number of halogens is 1. The van der Waals surface area contributed by atoms with Gasteiger partial charge >= 0.3 is 0 Å². The van der Waals surface area contributed by atoms with E-state index in [-0.39, 0.29) is 11.9 Å². The van der Waals surface area contributed by atoms with E-state index in [0.29, 0.717) is 0 Å². The van der Waals surface area contributed by atoms with Gasteiger partial charge in [-0.25, -0.2) is 4.39 Å². The minimum atomic E-state index is -0.0831. The zero-order valence-corrected chi connectivity index (χ0v) is 10.0. The van der Waals surface area contributed by atoms with Crippen LogP contribution in [0, 0.1) is 19.7 Å². The molecule has 0 fully saturated rings. The fraction of sp³-hybridized carbons (Fsp3) is 0.538. The van der Waals surface area contributed by atoms with E-state index in [4.69, 9.17) is 0 Å². The Bertz CT molecular complexity index is 310. The van der Waals surface area contributed by atoms with Gasteiger partial charge in [0.2, 0.25) is 0 Å². The quantitative estimate of drug-likeness (QED) is 0.800. The summed E-state index contributed by atoms with van der Waals surface area (Å²) in [6.07, 6.45) is 2.02. The summed E-state index contributed by atoms with van der Waals surface area (Å²) in [4.78, 5) is 0. The molecule has 0 aliphatic carbocycles. The summed E-state index contributed by atoms with van der Waals surface area (Å²) in [6, 6.07) is 3.79. The van der Waals surface area contributed by atoms with Crippen LogP contribution >= 0.6 is 0 Å². The van der Waals surface area contributed by atoms with Gasteiger partial charge in [0.05, 0.1) is 0 Å². The van der Waals surface area contributed by atoms with Crippen molar-refractivity contribution >= 4 is 0 Å². The molecule has 1 rings (SSSR count). The van der Waals surface area contributed by atoms with Gasteiger partial charge in [0.15, 0.2) is 0 Å². The number of aryl methyl sites for hydroxylation is 2. The molecule has 0 heterocycles. The Kier molecular flexibility index (Phi) is 4.28. The zero-order valence-electron chi connectivity index (χ0n) is 10.0. The second-order valence-corrected chi connectivity index (χ2v) is 4.11. The second-order valence-electron chi connectivity index (χ2n) is 4.11. The highest BCUT2D eigenvalue weighted by atomic mass is 19.1. The Morgan fingerprint density at radius 3 is 2.47 bits per heavy atom. The summed E-state index contributed by atoms with van der Waals surface area (Å²) >= 11 is 0. The number of benzene rings is 1. The molecule has 1 aromatic rings. The van der Waals surface area contributed by atoms with Gasteiger partial charge in [-0.05, 0) is 44.5 Å². The van der Waals surface area contributed by atoms with Crippen LogP contribution in [0.3, 0.4) is 0 Å². The van der Waals surface area contributed by atoms with Crippen LogP contribution < -0.4 is 5.32 Å². The van der Waals surface area contributed by atoms with Gasteiger partial charge in [-0.3, -0.25) is 0 Å². The maximum atomic E-state index is 13.8. The Morgan fingerprint density at radius 2 is 2.00 bits per heavy atom. The normalized spacial score (nSPS) is 12.9. The van der Waals surface area contributed by atoms with Crippen molar-refractivity contribution in [2.75, 3.05) is 7.05 Å². The molecule has 0 aromatic heterocycles. The van der Waals surface area contributed by atoms with E-state index in [0.717, 1.165) is 29.5 Å². The highest BCUT2D eigenvalue weighted by Gasteiger charge is 2.15. The standard InChI is InChI=1S/C13H20FN/c1-5-6-12(15-4)13-10(3)7-9(2)8-11(13)14/h7-8,12,15H,5-6H2,1-4H3. The van der Waals surface area contributed by atoms with Crippen molar-refractivity contribution in [3.63, 3.8) is 0 Å². The van der Waals surface area contributed by atoms with Crippen molar-refractivity contribution in [3.05, 3.63) is 34.6 Å². The first kappa shape index (κ1) is 12.2. The molecule has 15 heavy (non-hydrogen) atoms. The molecule has 0 amide bonds. The summed E-state index contributed by atoms with van der Waals surface area (Å²) in [5, 5.41) is 3.18. The number of hydrogen-bond donors (Lipinski definition) is 1. The van der Waals surface area contributed by atoms with Crippen molar-refractivity contribution in [2.45, 2.75) is 39.7 Å². The second kappa shape index (κ2) is 5.26. The summed E-state index contributed by atoms with van der Waals surface area (Å²) in [5.74, 6) is -0.0831. The first-order valence-corrected chi connectivity index (χ1v) is 5.54. The highest BCUT2D eigenvalue weighted by Crippen LogP contribution is 2.25. The first-order chi connectivity index (χ1) is 7.10. The maximum absolute atomic E-state index is 13.8. The Labute approximate surface area is 91.7 Å². The van der Waals surface area contributed by atoms with Crippen molar-refractivity contribution < 1.29 is 4.39 Å². The third kappa shape index (κ3) is 2.78. The van der Waals surface area contributed by atoms with Crippen LogP contribution in [0.1, 0.15) is 42.5 Å². The molecular formula is C13H20FN. The zero-order chi connectivity index (χ0) is 11.4. The molecule has 0 saturated carbocycles. The van der Waals surface area contributed by atoms with Gasteiger partial charge in [0, 0.05) is 11.6 Å². The fourth-order valence-electron chi connectivity index (χ4n) is 2.09. The van der Waals surface area contributed by atoms with E-state index in [9.17, 15) is 4.39 Å². The summed E-state index contributed by atoms with van der Waals surface area (Å²) in [7, 11) is 1.89. The lowest BCUT2D eigenvalue weighted by molar-refractivity contribution is 0.500. The van der Waals surface area contributed by atoms with Gasteiger partial charge in [-0.2, -0.15) is 0 Å². The van der Waals surface area contributed by atoms with Gasteiger partial charge in [-0.1, -0.05) is 19.4 Å². The smallest absolute Gasteiger partial charge is 0.128 e. The SMILES string of the molecule is CCCC(NC)c1c(C)cc(C)cc1F. The van der Waals surface area contributed by atoms with E-state index >= 15 is 0 Å². The van der Waals surface area contributed by atoms with E-state index in [2.05, 4.69) is 12.2 Å². The monoisotopic (exact) mass is 209 g/mol. The Hall–Kier alpha value is -0.890. The number of rotatable bonds is 4. The average Bonchev–Trinajstić information content (AvgIpc) is 2.14. The molecule has 0 bridgehead atoms. The Morgan fingerprint density at radius 1 is 1.33 bits per heavy atom. The van der Waals surface area contributed by atoms with Crippen LogP contribution in [0.15, 0.2) is 12.1 Å². The summed E-state index contributed by atoms with van der Waals surface area (Å²) < 4.78 is 13.8. The average molecular weight is 209 g/mol. The molecule has 0 saturated heterocycles. The van der Waals surface area contributed by atoms with E-state index in [1.807, 2.05) is 27.0 Å². The predicted octanol–water partition coefficient (Wildman–Crippen LogP) is 3.50. The molecule has 84 valence electrons. The lowest BCUT2D eigenvalue weighted by atomic mass is 9.95. The Balaban J connectivity index is 3.11. The van der Waals surface area contributed by atoms with E-state index in [1.54, 1.807) is 6.07 Å². The predicted molar refractivity (Wildman–Crippen MR) is 62.6 cm³/mol. The minimum absolute atomic E-state index is 0.0831. The van der Waals surface area contributed by atoms with E-state index in [1.165, 1.54) is 0 Å². The third-order valence-electron chi connectivity index (χ3n) is 2.75. The van der Waals surface area contributed by atoms with Gasteiger partial charge < -0.3 is 5.32 Å². The summed E-state index contributed by atoms with van der Waals surface area (Å²) in [5.41, 5.74) is 2.85. The van der Waals surface area contributed by atoms with Crippen LogP contribution in [0.4, 0.5) is 4.39 Å². The molecule has 1 aromatic carbocycles. The van der Waals surface area contributed by atoms with Crippen LogP contribution in [-0.4, -0.2) is 7.05 Å². The molecule has 0 radical (unpaired) electrons. The molecule has 2 heteroatoms. The topological polar surface area (TPSA) is 12.0 Å². The molecular weight excluding hydrogens is 189 g/mol. The van der Waals surface area contributed by atoms with Crippen LogP contribution in [-0.2, 0) is 0 Å². The lowest BCUT2D eigenvalue weighted by Crippen LogP contribution is -2.18. The third-order valence-corrected chi connectivity index (χ3v) is 2.75. The van der Waals surface area contributed by atoms with Crippen molar-refractivity contribution in [1.29, 1.82) is 0 Å². The van der Waals surface area contributed by atoms with Crippen molar-refractivity contribution in [3.8, 4) is 0 Å². The number of nitrogens with one attached hydrogen (secondary N) is 1. The fourth-order valence-corrected chi connectivity index (χ4v) is 2.09. The van der Waals surface area contributed by atoms with E-state index < -0.39 is 0 Å². The number of hydrogen-bond acceptors (Lipinski definition) is 1. The maximum Gasteiger partial charge on any atom is 0.128 e. The summed E-state index contributed by atoms with van der Waals surface area (Å²) in [6.45, 7) is 6.02. The first-order valence-electron chi connectivity index (χ1n) is 5.54. The van der Waals surface area contributed by atoms with Crippen LogP contribution in [0.5, 0.6) is 0 Å². The van der Waals surface area contributed by atoms with Crippen molar-refractivity contribution in [1.82, 2.24) is 5.32 Å². The lowest BCUT2D eigenvalue weighted by Gasteiger charge is -2.19. The van der Waals surface area contributed by atoms with Gasteiger partial charge in [0.1, 0.15) is 5.82 Å². The highest BCUT2D eigenvalue weighted by molar-refractivity contribution is 5.34. The van der Waals surface area contributed by atoms with Crippen LogP contribution in [0.2, 0.25) is 0 Å². The molecule has 1 N–H and O–H groups in total. The van der Waals surface area contributed by atoms with Gasteiger partial charge in [-0.15, -0.1) is 0 Å². The molecule has 0 spiro atoms.